The van der Waals surface area contributed by atoms with Gasteiger partial charge in [-0.05, 0) is 36.9 Å². The minimum Gasteiger partial charge on any atom is -0.325 e. The van der Waals surface area contributed by atoms with Gasteiger partial charge in [-0.3, -0.25) is 4.79 Å². The Hall–Kier alpha value is -1.35. The van der Waals surface area contributed by atoms with Gasteiger partial charge in [-0.15, -0.1) is 0 Å². The Morgan fingerprint density at radius 1 is 1.31 bits per heavy atom. The molecule has 2 aliphatic rings. The van der Waals surface area contributed by atoms with Gasteiger partial charge in [0.05, 0.1) is 5.92 Å². The van der Waals surface area contributed by atoms with Crippen LogP contribution in [0.25, 0.3) is 0 Å². The van der Waals surface area contributed by atoms with Gasteiger partial charge >= 0.3 is 0 Å². The van der Waals surface area contributed by atoms with Gasteiger partial charge in [-0.25, -0.2) is 0 Å². The molecule has 1 aromatic carbocycles. The highest BCUT2D eigenvalue weighted by molar-refractivity contribution is 5.97. The van der Waals surface area contributed by atoms with Gasteiger partial charge in [0, 0.05) is 12.2 Å². The second-order valence-electron chi connectivity index (χ2n) is 4.73. The summed E-state index contributed by atoms with van der Waals surface area (Å²) in [5.74, 6) is 0.701. The van der Waals surface area contributed by atoms with Gasteiger partial charge in [0.25, 0.3) is 0 Å². The molecule has 2 aliphatic heterocycles. The van der Waals surface area contributed by atoms with Crippen molar-refractivity contribution in [2.24, 2.45) is 5.92 Å². The van der Waals surface area contributed by atoms with Gasteiger partial charge in [-0.1, -0.05) is 18.2 Å². The number of benzene rings is 1. The number of aryl methyl sites for hydroxylation is 1. The van der Waals surface area contributed by atoms with E-state index in [-0.39, 0.29) is 11.8 Å². The van der Waals surface area contributed by atoms with Crippen LogP contribution >= 0.6 is 0 Å². The third-order valence-corrected chi connectivity index (χ3v) is 3.77. The molecule has 1 amide bonds. The standard InChI is InChI=1S/C13H16N2O/c1-8-3-2-4-10-9-5-6-14-7-11(9)13(16)15-12(8)10/h2-4,9,11,14H,5-7H2,1H3,(H,15,16). The van der Waals surface area contributed by atoms with Gasteiger partial charge in [0.15, 0.2) is 0 Å². The number of anilines is 1. The molecular formula is C13H16N2O. The molecule has 16 heavy (non-hydrogen) atoms. The van der Waals surface area contributed by atoms with E-state index < -0.39 is 0 Å². The number of hydrogen-bond donors (Lipinski definition) is 2. The minimum atomic E-state index is 0.114. The van der Waals surface area contributed by atoms with Crippen molar-refractivity contribution in [3.63, 3.8) is 0 Å². The molecule has 3 nitrogen and oxygen atoms in total. The van der Waals surface area contributed by atoms with Crippen LogP contribution in [-0.2, 0) is 4.79 Å². The summed E-state index contributed by atoms with van der Waals surface area (Å²) in [6.45, 7) is 3.88. The molecule has 0 aliphatic carbocycles. The van der Waals surface area contributed by atoms with Gasteiger partial charge in [-0.2, -0.15) is 0 Å². The number of para-hydroxylation sites is 1. The first-order valence-electron chi connectivity index (χ1n) is 5.88. The summed E-state index contributed by atoms with van der Waals surface area (Å²) in [7, 11) is 0. The lowest BCUT2D eigenvalue weighted by molar-refractivity contribution is -0.121. The van der Waals surface area contributed by atoms with Crippen LogP contribution in [0.2, 0.25) is 0 Å². The molecular weight excluding hydrogens is 200 g/mol. The first-order valence-corrected chi connectivity index (χ1v) is 5.88. The Morgan fingerprint density at radius 3 is 3.06 bits per heavy atom. The van der Waals surface area contributed by atoms with Crippen molar-refractivity contribution in [2.75, 3.05) is 18.4 Å². The molecule has 0 radical (unpaired) electrons. The van der Waals surface area contributed by atoms with E-state index in [1.54, 1.807) is 0 Å². The third kappa shape index (κ3) is 1.35. The van der Waals surface area contributed by atoms with Gasteiger partial charge in [0.1, 0.15) is 0 Å². The maximum absolute atomic E-state index is 12.0. The second-order valence-corrected chi connectivity index (χ2v) is 4.73. The van der Waals surface area contributed by atoms with E-state index in [2.05, 4.69) is 35.8 Å². The monoisotopic (exact) mass is 216 g/mol. The number of amides is 1. The second kappa shape index (κ2) is 3.59. The SMILES string of the molecule is Cc1cccc2c1NC(=O)C1CNCCC21. The number of carbonyl (C=O) groups is 1. The van der Waals surface area contributed by atoms with Crippen LogP contribution in [0.15, 0.2) is 18.2 Å². The summed E-state index contributed by atoms with van der Waals surface area (Å²) in [4.78, 5) is 12.0. The number of carbonyl (C=O) groups excluding carboxylic acids is 1. The normalized spacial score (nSPS) is 27.9. The summed E-state index contributed by atoms with van der Waals surface area (Å²) in [5.41, 5.74) is 3.55. The summed E-state index contributed by atoms with van der Waals surface area (Å²) in [6.07, 6.45) is 1.06. The lowest BCUT2D eigenvalue weighted by atomic mass is 9.77. The molecule has 84 valence electrons. The quantitative estimate of drug-likeness (QED) is 0.692. The van der Waals surface area contributed by atoms with E-state index >= 15 is 0 Å². The highest BCUT2D eigenvalue weighted by atomic mass is 16.2. The topological polar surface area (TPSA) is 41.1 Å². The van der Waals surface area contributed by atoms with Crippen molar-refractivity contribution in [3.05, 3.63) is 29.3 Å². The van der Waals surface area contributed by atoms with E-state index in [0.717, 1.165) is 25.2 Å². The molecule has 1 aromatic rings. The van der Waals surface area contributed by atoms with Crippen molar-refractivity contribution >= 4 is 11.6 Å². The average molecular weight is 216 g/mol. The lowest BCUT2D eigenvalue weighted by Gasteiger charge is -2.37. The first kappa shape index (κ1) is 9.85. The van der Waals surface area contributed by atoms with Crippen LogP contribution in [0, 0.1) is 12.8 Å². The zero-order chi connectivity index (χ0) is 11.1. The molecule has 1 saturated heterocycles. The van der Waals surface area contributed by atoms with Crippen LogP contribution in [0.5, 0.6) is 0 Å². The number of rotatable bonds is 0. The van der Waals surface area contributed by atoms with Gasteiger partial charge in [0.2, 0.25) is 5.91 Å². The summed E-state index contributed by atoms with van der Waals surface area (Å²) < 4.78 is 0. The van der Waals surface area contributed by atoms with Crippen molar-refractivity contribution < 1.29 is 4.79 Å². The molecule has 0 bridgehead atoms. The van der Waals surface area contributed by atoms with E-state index in [1.807, 2.05) is 0 Å². The molecule has 2 unspecified atom stereocenters. The molecule has 1 fully saturated rings. The Balaban J connectivity index is 2.10. The average Bonchev–Trinajstić information content (AvgIpc) is 2.31. The Bertz CT molecular complexity index is 442. The van der Waals surface area contributed by atoms with Crippen molar-refractivity contribution in [3.8, 4) is 0 Å². The molecule has 0 aromatic heterocycles. The molecule has 3 heteroatoms. The number of nitrogens with one attached hydrogen (secondary N) is 2. The lowest BCUT2D eigenvalue weighted by Crippen LogP contribution is -2.45. The van der Waals surface area contributed by atoms with Crippen LogP contribution in [0.3, 0.4) is 0 Å². The molecule has 0 saturated carbocycles. The summed E-state index contributed by atoms with van der Waals surface area (Å²) >= 11 is 0. The fraction of sp³-hybridized carbons (Fsp3) is 0.462. The Labute approximate surface area is 95.2 Å². The molecule has 0 spiro atoms. The first-order chi connectivity index (χ1) is 7.77. The fourth-order valence-corrected chi connectivity index (χ4v) is 2.89. The van der Waals surface area contributed by atoms with Gasteiger partial charge < -0.3 is 10.6 Å². The maximum Gasteiger partial charge on any atom is 0.229 e. The Kier molecular flexibility index (Phi) is 2.21. The van der Waals surface area contributed by atoms with E-state index in [1.165, 1.54) is 11.1 Å². The maximum atomic E-state index is 12.0. The van der Waals surface area contributed by atoms with Crippen molar-refractivity contribution in [1.82, 2.24) is 5.32 Å². The fourth-order valence-electron chi connectivity index (χ4n) is 2.89. The highest BCUT2D eigenvalue weighted by Crippen LogP contribution is 2.40. The summed E-state index contributed by atoms with van der Waals surface area (Å²) in [5, 5.41) is 6.35. The molecule has 2 atom stereocenters. The van der Waals surface area contributed by atoms with Crippen molar-refractivity contribution in [2.45, 2.75) is 19.3 Å². The van der Waals surface area contributed by atoms with Crippen molar-refractivity contribution in [1.29, 1.82) is 0 Å². The van der Waals surface area contributed by atoms with Crippen LogP contribution in [-0.4, -0.2) is 19.0 Å². The zero-order valence-corrected chi connectivity index (χ0v) is 9.42. The predicted molar refractivity (Wildman–Crippen MR) is 63.5 cm³/mol. The van der Waals surface area contributed by atoms with Crippen LogP contribution in [0.1, 0.15) is 23.5 Å². The number of fused-ring (bicyclic) bond motifs is 3. The number of hydrogen-bond acceptors (Lipinski definition) is 2. The summed E-state index contributed by atoms with van der Waals surface area (Å²) in [6, 6.07) is 6.30. The third-order valence-electron chi connectivity index (χ3n) is 3.77. The van der Waals surface area contributed by atoms with E-state index in [4.69, 9.17) is 0 Å². The predicted octanol–water partition coefficient (Wildman–Crippen LogP) is 1.64. The smallest absolute Gasteiger partial charge is 0.229 e. The molecule has 2 heterocycles. The number of piperidine rings is 1. The highest BCUT2D eigenvalue weighted by Gasteiger charge is 2.37. The van der Waals surface area contributed by atoms with E-state index in [0.29, 0.717) is 5.92 Å². The molecule has 2 N–H and O–H groups in total. The zero-order valence-electron chi connectivity index (χ0n) is 9.42. The van der Waals surface area contributed by atoms with E-state index in [9.17, 15) is 4.79 Å². The van der Waals surface area contributed by atoms with Crippen LogP contribution in [0.4, 0.5) is 5.69 Å². The Morgan fingerprint density at radius 2 is 2.19 bits per heavy atom. The molecule has 3 rings (SSSR count). The largest absolute Gasteiger partial charge is 0.325 e. The minimum absolute atomic E-state index is 0.114. The van der Waals surface area contributed by atoms with Crippen LogP contribution < -0.4 is 10.6 Å².